The summed E-state index contributed by atoms with van der Waals surface area (Å²) < 4.78 is 26.3. The van der Waals surface area contributed by atoms with Crippen LogP contribution in [0.25, 0.3) is 0 Å². The fourth-order valence-electron chi connectivity index (χ4n) is 4.21. The number of carbonyl (C=O) groups is 1. The molecule has 0 saturated heterocycles. The van der Waals surface area contributed by atoms with Crippen LogP contribution in [0.1, 0.15) is 46.9 Å². The van der Waals surface area contributed by atoms with Crippen LogP contribution in [0.2, 0.25) is 0 Å². The van der Waals surface area contributed by atoms with Gasteiger partial charge in [0, 0.05) is 11.6 Å². The Hall–Kier alpha value is -4.65. The molecule has 0 fully saturated rings. The van der Waals surface area contributed by atoms with Gasteiger partial charge in [-0.05, 0) is 53.1 Å². The van der Waals surface area contributed by atoms with Gasteiger partial charge in [0.15, 0.2) is 5.76 Å². The van der Waals surface area contributed by atoms with Gasteiger partial charge in [-0.3, -0.25) is 9.48 Å². The number of hydrogen-bond acceptors (Lipinski definition) is 4. The molecule has 0 bridgehead atoms. The summed E-state index contributed by atoms with van der Waals surface area (Å²) in [7, 11) is 0. The zero-order valence-electron chi connectivity index (χ0n) is 21.2. The zero-order valence-corrected chi connectivity index (χ0v) is 21.2. The van der Waals surface area contributed by atoms with Gasteiger partial charge >= 0.3 is 0 Å². The van der Waals surface area contributed by atoms with E-state index in [1.165, 1.54) is 23.3 Å². The van der Waals surface area contributed by atoms with E-state index >= 15 is 0 Å². The molecule has 0 aliphatic rings. The lowest BCUT2D eigenvalue weighted by atomic mass is 9.78. The molecule has 0 aliphatic heterocycles. The van der Waals surface area contributed by atoms with E-state index in [0.717, 1.165) is 5.56 Å². The molecule has 0 unspecified atom stereocenters. The maximum absolute atomic E-state index is 13.1. The zero-order chi connectivity index (χ0) is 26.5. The van der Waals surface area contributed by atoms with Crippen LogP contribution in [0.4, 0.5) is 10.1 Å². The molecular formula is C31H28FN3O3. The number of halogens is 1. The van der Waals surface area contributed by atoms with E-state index < -0.39 is 0 Å². The van der Waals surface area contributed by atoms with Gasteiger partial charge in [-0.1, -0.05) is 68.4 Å². The smallest absolute Gasteiger partial charge is 0.291 e. The van der Waals surface area contributed by atoms with Gasteiger partial charge < -0.3 is 14.5 Å². The summed E-state index contributed by atoms with van der Waals surface area (Å²) in [5.74, 6) is 0.760. The Bertz CT molecular complexity index is 1500. The van der Waals surface area contributed by atoms with Crippen molar-refractivity contribution in [1.82, 2.24) is 9.78 Å². The Morgan fingerprint density at radius 2 is 1.66 bits per heavy atom. The van der Waals surface area contributed by atoms with Gasteiger partial charge in [-0.15, -0.1) is 0 Å². The second kappa shape index (κ2) is 10.8. The van der Waals surface area contributed by atoms with Gasteiger partial charge in [-0.2, -0.15) is 5.10 Å². The topological polar surface area (TPSA) is 69.3 Å². The Morgan fingerprint density at radius 3 is 2.39 bits per heavy atom. The number of rotatable bonds is 9. The summed E-state index contributed by atoms with van der Waals surface area (Å²) in [5, 5.41) is 7.02. The molecule has 2 aromatic heterocycles. The summed E-state index contributed by atoms with van der Waals surface area (Å²) in [6.45, 7) is 5.06. The number of anilines is 1. The third-order valence-electron chi connectivity index (χ3n) is 6.49. The molecule has 0 saturated carbocycles. The minimum atomic E-state index is -0.384. The van der Waals surface area contributed by atoms with E-state index in [9.17, 15) is 9.18 Å². The number of ether oxygens (including phenoxy) is 1. The lowest BCUT2D eigenvalue weighted by Crippen LogP contribution is -2.18. The fraction of sp³-hybridized carbons (Fsp3) is 0.161. The average Bonchev–Trinajstić information content (AvgIpc) is 3.59. The minimum Gasteiger partial charge on any atom is -0.486 e. The maximum atomic E-state index is 13.1. The van der Waals surface area contributed by atoms with Crippen molar-refractivity contribution in [3.8, 4) is 5.75 Å². The van der Waals surface area contributed by atoms with Crippen molar-refractivity contribution >= 4 is 11.6 Å². The molecule has 0 spiro atoms. The van der Waals surface area contributed by atoms with Crippen LogP contribution in [-0.2, 0) is 18.6 Å². The van der Waals surface area contributed by atoms with Crippen LogP contribution < -0.4 is 10.1 Å². The van der Waals surface area contributed by atoms with Gasteiger partial charge in [-0.25, -0.2) is 4.39 Å². The molecule has 3 aromatic carbocycles. The first kappa shape index (κ1) is 25.0. The average molecular weight is 510 g/mol. The highest BCUT2D eigenvalue weighted by atomic mass is 19.1. The minimum absolute atomic E-state index is 0.124. The highest BCUT2D eigenvalue weighted by Gasteiger charge is 2.22. The van der Waals surface area contributed by atoms with E-state index in [0.29, 0.717) is 23.7 Å². The third-order valence-corrected chi connectivity index (χ3v) is 6.49. The maximum Gasteiger partial charge on any atom is 0.291 e. The van der Waals surface area contributed by atoms with Crippen molar-refractivity contribution in [1.29, 1.82) is 0 Å². The van der Waals surface area contributed by atoms with Gasteiger partial charge in [0.25, 0.3) is 5.91 Å². The van der Waals surface area contributed by atoms with Crippen LogP contribution in [0.3, 0.4) is 0 Å². The van der Waals surface area contributed by atoms with Gasteiger partial charge in [0.1, 0.15) is 23.9 Å². The highest BCUT2D eigenvalue weighted by Crippen LogP contribution is 2.32. The summed E-state index contributed by atoms with van der Waals surface area (Å²) in [6.07, 6.45) is 3.26. The number of furan rings is 1. The van der Waals surface area contributed by atoms with Crippen LogP contribution in [0.15, 0.2) is 108 Å². The van der Waals surface area contributed by atoms with Gasteiger partial charge in [0.05, 0.1) is 18.4 Å². The molecule has 38 heavy (non-hydrogen) atoms. The summed E-state index contributed by atoms with van der Waals surface area (Å²) >= 11 is 0. The molecule has 0 atom stereocenters. The lowest BCUT2D eigenvalue weighted by Gasteiger charge is -2.26. The highest BCUT2D eigenvalue weighted by molar-refractivity contribution is 6.02. The summed E-state index contributed by atoms with van der Waals surface area (Å²) in [5.41, 5.74) is 3.74. The van der Waals surface area contributed by atoms with E-state index in [1.807, 2.05) is 18.2 Å². The van der Waals surface area contributed by atoms with E-state index in [1.54, 1.807) is 41.3 Å². The quantitative estimate of drug-likeness (QED) is 0.237. The molecule has 1 amide bonds. The lowest BCUT2D eigenvalue weighted by molar-refractivity contribution is 0.0992. The second-order valence-corrected chi connectivity index (χ2v) is 9.58. The SMILES string of the molecule is CC(C)(c1ccccc1)c1ccc(OCc2ccc(C(=O)Nc3cnn(Cc4ccc(F)cc4)c3)o2)cc1. The Labute approximate surface area is 220 Å². The molecule has 2 heterocycles. The van der Waals surface area contributed by atoms with Crippen molar-refractivity contribution in [2.45, 2.75) is 32.4 Å². The Balaban J connectivity index is 1.15. The van der Waals surface area contributed by atoms with Crippen molar-refractivity contribution in [3.05, 3.63) is 137 Å². The predicted octanol–water partition coefficient (Wildman–Crippen LogP) is 6.82. The summed E-state index contributed by atoms with van der Waals surface area (Å²) in [4.78, 5) is 12.6. The Kier molecular flexibility index (Phi) is 7.09. The molecule has 0 radical (unpaired) electrons. The Morgan fingerprint density at radius 1 is 0.947 bits per heavy atom. The monoisotopic (exact) mass is 509 g/mol. The largest absolute Gasteiger partial charge is 0.486 e. The molecule has 6 nitrogen and oxygen atoms in total. The van der Waals surface area contributed by atoms with Crippen molar-refractivity contribution in [3.63, 3.8) is 0 Å². The number of aromatic nitrogens is 2. The predicted molar refractivity (Wildman–Crippen MR) is 144 cm³/mol. The van der Waals surface area contributed by atoms with Crippen molar-refractivity contribution in [2.75, 3.05) is 5.32 Å². The van der Waals surface area contributed by atoms with Crippen molar-refractivity contribution in [2.24, 2.45) is 0 Å². The van der Waals surface area contributed by atoms with Gasteiger partial charge in [0.2, 0.25) is 0 Å². The van der Waals surface area contributed by atoms with Crippen LogP contribution >= 0.6 is 0 Å². The van der Waals surface area contributed by atoms with E-state index in [4.69, 9.17) is 9.15 Å². The second-order valence-electron chi connectivity index (χ2n) is 9.58. The molecule has 1 N–H and O–H groups in total. The van der Waals surface area contributed by atoms with Crippen molar-refractivity contribution < 1.29 is 18.3 Å². The van der Waals surface area contributed by atoms with Crippen LogP contribution in [-0.4, -0.2) is 15.7 Å². The third kappa shape index (κ3) is 5.83. The number of carbonyl (C=O) groups excluding carboxylic acids is 1. The first-order valence-electron chi connectivity index (χ1n) is 12.3. The van der Waals surface area contributed by atoms with E-state index in [2.05, 4.69) is 60.7 Å². The molecule has 5 rings (SSSR count). The summed E-state index contributed by atoms with van der Waals surface area (Å²) in [6, 6.07) is 28.0. The first-order chi connectivity index (χ1) is 18.4. The standard InChI is InChI=1S/C31H28FN3O3/c1-31(2,23-6-4-3-5-7-23)24-10-14-27(15-11-24)37-21-28-16-17-29(38-28)30(36)34-26-18-33-35(20-26)19-22-8-12-25(32)13-9-22/h3-18,20H,19,21H2,1-2H3,(H,34,36). The molecule has 7 heteroatoms. The molecule has 192 valence electrons. The molecule has 0 aliphatic carbocycles. The van der Waals surface area contributed by atoms with Crippen LogP contribution in [0, 0.1) is 5.82 Å². The van der Waals surface area contributed by atoms with Crippen LogP contribution in [0.5, 0.6) is 5.75 Å². The number of hydrogen-bond donors (Lipinski definition) is 1. The number of amides is 1. The normalized spacial score (nSPS) is 11.3. The fourth-order valence-corrected chi connectivity index (χ4v) is 4.21. The van der Waals surface area contributed by atoms with E-state index in [-0.39, 0.29) is 29.5 Å². The number of nitrogens with zero attached hydrogens (tertiary/aromatic N) is 2. The first-order valence-corrected chi connectivity index (χ1v) is 12.3. The number of nitrogens with one attached hydrogen (secondary N) is 1. The number of benzene rings is 3. The molecular weight excluding hydrogens is 481 g/mol. The molecule has 5 aromatic rings.